The van der Waals surface area contributed by atoms with Crippen LogP contribution in [0, 0.1) is 0 Å². The number of para-hydroxylation sites is 3. The van der Waals surface area contributed by atoms with Crippen LogP contribution < -0.4 is 15.5 Å². The van der Waals surface area contributed by atoms with E-state index in [0.717, 1.165) is 37.3 Å². The summed E-state index contributed by atoms with van der Waals surface area (Å²) in [6.07, 6.45) is 2.52. The van der Waals surface area contributed by atoms with Crippen molar-refractivity contribution in [1.29, 1.82) is 0 Å². The molecule has 0 unspecified atom stereocenters. The molecule has 4 rings (SSSR count). The molecule has 2 heterocycles. The molecule has 2 aliphatic rings. The molecule has 1 saturated heterocycles. The molecule has 0 saturated carbocycles. The number of carbonyl (C=O) groups excluding carboxylic acids is 2. The third kappa shape index (κ3) is 3.81. The van der Waals surface area contributed by atoms with Gasteiger partial charge in [-0.1, -0.05) is 30.3 Å². The van der Waals surface area contributed by atoms with Crippen LogP contribution in [0.15, 0.2) is 48.5 Å². The van der Waals surface area contributed by atoms with Gasteiger partial charge in [0.15, 0.2) is 0 Å². The van der Waals surface area contributed by atoms with Crippen molar-refractivity contribution in [3.8, 4) is 0 Å². The molecule has 1 fully saturated rings. The number of rotatable bonds is 5. The third-order valence-corrected chi connectivity index (χ3v) is 5.37. The van der Waals surface area contributed by atoms with E-state index in [9.17, 15) is 9.59 Å². The van der Waals surface area contributed by atoms with Gasteiger partial charge in [-0.15, -0.1) is 0 Å². The zero-order valence-corrected chi connectivity index (χ0v) is 16.1. The monoisotopic (exact) mass is 378 g/mol. The molecule has 0 bridgehead atoms. The van der Waals surface area contributed by atoms with Crippen LogP contribution in [0.25, 0.3) is 0 Å². The van der Waals surface area contributed by atoms with Crippen molar-refractivity contribution in [2.75, 3.05) is 29.9 Å². The number of anilines is 3. The first-order chi connectivity index (χ1) is 13.6. The molecule has 0 spiro atoms. The SMILES string of the molecule is C[C@@H](CN1CCCC1=O)NC(=O)Nc1ccccc1N1CCc2ccccc21. The fourth-order valence-corrected chi connectivity index (χ4v) is 4.06. The molecule has 2 aliphatic heterocycles. The predicted molar refractivity (Wildman–Crippen MR) is 111 cm³/mol. The summed E-state index contributed by atoms with van der Waals surface area (Å²) < 4.78 is 0. The summed E-state index contributed by atoms with van der Waals surface area (Å²) in [7, 11) is 0. The van der Waals surface area contributed by atoms with Gasteiger partial charge in [0.25, 0.3) is 0 Å². The highest BCUT2D eigenvalue weighted by Crippen LogP contribution is 2.38. The Labute approximate surface area is 165 Å². The number of amides is 3. The second-order valence-electron chi connectivity index (χ2n) is 7.49. The molecule has 1 atom stereocenters. The Morgan fingerprint density at radius 2 is 1.79 bits per heavy atom. The minimum Gasteiger partial charge on any atom is -0.341 e. The maximum Gasteiger partial charge on any atom is 0.319 e. The van der Waals surface area contributed by atoms with Crippen LogP contribution in [0.1, 0.15) is 25.3 Å². The summed E-state index contributed by atoms with van der Waals surface area (Å²) >= 11 is 0. The van der Waals surface area contributed by atoms with Crippen LogP contribution >= 0.6 is 0 Å². The second kappa shape index (κ2) is 7.92. The van der Waals surface area contributed by atoms with Crippen molar-refractivity contribution >= 4 is 29.0 Å². The number of nitrogens with zero attached hydrogens (tertiary/aromatic N) is 2. The number of carbonyl (C=O) groups is 2. The predicted octanol–water partition coefficient (Wildman–Crippen LogP) is 3.51. The number of likely N-dealkylation sites (tertiary alicyclic amines) is 1. The van der Waals surface area contributed by atoms with E-state index in [-0.39, 0.29) is 18.0 Å². The second-order valence-corrected chi connectivity index (χ2v) is 7.49. The Kier molecular flexibility index (Phi) is 5.19. The number of hydrogen-bond donors (Lipinski definition) is 2. The molecule has 0 radical (unpaired) electrons. The van der Waals surface area contributed by atoms with Crippen LogP contribution in [0.3, 0.4) is 0 Å². The highest BCUT2D eigenvalue weighted by Gasteiger charge is 2.24. The lowest BCUT2D eigenvalue weighted by Crippen LogP contribution is -2.44. The summed E-state index contributed by atoms with van der Waals surface area (Å²) in [5.41, 5.74) is 4.29. The molecular weight excluding hydrogens is 352 g/mol. The molecule has 6 nitrogen and oxygen atoms in total. The van der Waals surface area contributed by atoms with E-state index in [0.29, 0.717) is 13.0 Å². The van der Waals surface area contributed by atoms with Crippen LogP contribution in [0.4, 0.5) is 21.9 Å². The number of benzene rings is 2. The third-order valence-electron chi connectivity index (χ3n) is 5.37. The Morgan fingerprint density at radius 1 is 1.04 bits per heavy atom. The van der Waals surface area contributed by atoms with Crippen LogP contribution in [-0.2, 0) is 11.2 Å². The number of hydrogen-bond acceptors (Lipinski definition) is 3. The number of nitrogens with one attached hydrogen (secondary N) is 2. The fourth-order valence-electron chi connectivity index (χ4n) is 4.06. The minimum atomic E-state index is -0.251. The lowest BCUT2D eigenvalue weighted by molar-refractivity contribution is -0.127. The van der Waals surface area contributed by atoms with E-state index < -0.39 is 0 Å². The van der Waals surface area contributed by atoms with Gasteiger partial charge in [0.05, 0.1) is 11.4 Å². The van der Waals surface area contributed by atoms with Gasteiger partial charge in [-0.25, -0.2) is 4.79 Å². The van der Waals surface area contributed by atoms with Gasteiger partial charge in [0.2, 0.25) is 5.91 Å². The van der Waals surface area contributed by atoms with E-state index in [1.165, 1.54) is 11.3 Å². The lowest BCUT2D eigenvalue weighted by atomic mass is 10.2. The topological polar surface area (TPSA) is 64.7 Å². The summed E-state index contributed by atoms with van der Waals surface area (Å²) in [5.74, 6) is 0.173. The smallest absolute Gasteiger partial charge is 0.319 e. The van der Waals surface area contributed by atoms with Gasteiger partial charge < -0.3 is 20.4 Å². The van der Waals surface area contributed by atoms with E-state index in [1.54, 1.807) is 0 Å². The highest BCUT2D eigenvalue weighted by atomic mass is 16.2. The van der Waals surface area contributed by atoms with Gasteiger partial charge in [0, 0.05) is 37.8 Å². The summed E-state index contributed by atoms with van der Waals surface area (Å²) in [4.78, 5) is 28.4. The van der Waals surface area contributed by atoms with E-state index in [2.05, 4.69) is 33.7 Å². The Bertz CT molecular complexity index is 882. The average molecular weight is 378 g/mol. The van der Waals surface area contributed by atoms with Gasteiger partial charge in [-0.05, 0) is 43.5 Å². The largest absolute Gasteiger partial charge is 0.341 e. The van der Waals surface area contributed by atoms with Gasteiger partial charge in [-0.3, -0.25) is 4.79 Å². The first-order valence-electron chi connectivity index (χ1n) is 9.91. The normalized spacial score (nSPS) is 16.8. The molecular formula is C22H26N4O2. The zero-order chi connectivity index (χ0) is 19.5. The summed E-state index contributed by atoms with van der Waals surface area (Å²) in [6.45, 7) is 4.15. The Hall–Kier alpha value is -3.02. The maximum absolute atomic E-state index is 12.5. The minimum absolute atomic E-state index is 0.110. The van der Waals surface area contributed by atoms with Crippen LogP contribution in [-0.4, -0.2) is 42.5 Å². The molecule has 6 heteroatoms. The highest BCUT2D eigenvalue weighted by molar-refractivity contribution is 5.94. The molecule has 2 aromatic carbocycles. The Balaban J connectivity index is 1.43. The summed E-state index contributed by atoms with van der Waals surface area (Å²) in [6, 6.07) is 15.9. The van der Waals surface area contributed by atoms with Crippen LogP contribution in [0.5, 0.6) is 0 Å². The lowest BCUT2D eigenvalue weighted by Gasteiger charge is -2.24. The fraction of sp³-hybridized carbons (Fsp3) is 0.364. The molecule has 0 aromatic heterocycles. The van der Waals surface area contributed by atoms with E-state index >= 15 is 0 Å². The average Bonchev–Trinajstić information content (AvgIpc) is 3.28. The Morgan fingerprint density at radius 3 is 2.57 bits per heavy atom. The van der Waals surface area contributed by atoms with Crippen molar-refractivity contribution < 1.29 is 9.59 Å². The van der Waals surface area contributed by atoms with E-state index in [1.807, 2.05) is 42.2 Å². The molecule has 3 amide bonds. The van der Waals surface area contributed by atoms with Gasteiger partial charge in [-0.2, -0.15) is 0 Å². The van der Waals surface area contributed by atoms with Crippen molar-refractivity contribution in [3.05, 3.63) is 54.1 Å². The van der Waals surface area contributed by atoms with E-state index in [4.69, 9.17) is 0 Å². The molecule has 2 N–H and O–H groups in total. The van der Waals surface area contributed by atoms with Crippen molar-refractivity contribution in [2.45, 2.75) is 32.2 Å². The van der Waals surface area contributed by atoms with Gasteiger partial charge >= 0.3 is 6.03 Å². The first kappa shape index (κ1) is 18.3. The molecule has 28 heavy (non-hydrogen) atoms. The standard InChI is InChI=1S/C22H26N4O2/c1-16(15-25-13-6-11-21(25)27)23-22(28)24-18-8-3-5-10-20(18)26-14-12-17-7-2-4-9-19(17)26/h2-5,7-10,16H,6,11-15H2,1H3,(H2,23,24,28)/t16-/m0/s1. The van der Waals surface area contributed by atoms with Crippen molar-refractivity contribution in [3.63, 3.8) is 0 Å². The zero-order valence-electron chi connectivity index (χ0n) is 16.1. The molecule has 2 aromatic rings. The van der Waals surface area contributed by atoms with Crippen molar-refractivity contribution in [2.24, 2.45) is 0 Å². The molecule has 146 valence electrons. The maximum atomic E-state index is 12.5. The first-order valence-corrected chi connectivity index (χ1v) is 9.91. The van der Waals surface area contributed by atoms with Crippen molar-refractivity contribution in [1.82, 2.24) is 10.2 Å². The van der Waals surface area contributed by atoms with Gasteiger partial charge in [0.1, 0.15) is 0 Å². The number of fused-ring (bicyclic) bond motifs is 1. The quantitative estimate of drug-likeness (QED) is 0.837. The number of urea groups is 1. The summed E-state index contributed by atoms with van der Waals surface area (Å²) in [5, 5.41) is 5.94. The van der Waals surface area contributed by atoms with Crippen LogP contribution in [0.2, 0.25) is 0 Å². The molecule has 0 aliphatic carbocycles.